The van der Waals surface area contributed by atoms with E-state index in [0.29, 0.717) is 5.69 Å². The highest BCUT2D eigenvalue weighted by Crippen LogP contribution is 2.16. The van der Waals surface area contributed by atoms with Crippen molar-refractivity contribution in [2.75, 3.05) is 0 Å². The van der Waals surface area contributed by atoms with Gasteiger partial charge in [0.2, 0.25) is 0 Å². The summed E-state index contributed by atoms with van der Waals surface area (Å²) >= 11 is 0. The first-order chi connectivity index (χ1) is 7.26. The number of nitriles is 2. The molecule has 72 valence electrons. The van der Waals surface area contributed by atoms with Crippen LogP contribution in [0, 0.1) is 28.2 Å². The summed E-state index contributed by atoms with van der Waals surface area (Å²) in [5.74, 6) is 0. The summed E-state index contributed by atoms with van der Waals surface area (Å²) in [4.78, 5) is 0. The molecule has 1 aromatic carbocycles. The maximum absolute atomic E-state index is 8.61. The maximum atomic E-state index is 8.61. The van der Waals surface area contributed by atoms with Gasteiger partial charge in [0.25, 0.3) is 0 Å². The van der Waals surface area contributed by atoms with Crippen LogP contribution in [0.4, 0.5) is 5.69 Å². The first-order valence-corrected chi connectivity index (χ1v) is 3.95. The predicted molar refractivity (Wildman–Crippen MR) is 50.1 cm³/mol. The van der Waals surface area contributed by atoms with Gasteiger partial charge in [0, 0.05) is 0 Å². The average Bonchev–Trinajstić information content (AvgIpc) is 2.33. The van der Waals surface area contributed by atoms with E-state index in [0.717, 1.165) is 0 Å². The van der Waals surface area contributed by atoms with Crippen LogP contribution >= 0.6 is 0 Å². The number of nitrogens with one attached hydrogen (secondary N) is 1. The standard InChI is InChI=1S/C9H6N6/c10-6-9(7-11,14-12)15-13-8-4-2-1-3-5-8/h1-5,12H. The van der Waals surface area contributed by atoms with Gasteiger partial charge in [-0.2, -0.15) is 15.6 Å². The fourth-order valence-electron chi connectivity index (χ4n) is 0.767. The summed E-state index contributed by atoms with van der Waals surface area (Å²) in [6.07, 6.45) is 0. The number of rotatable bonds is 3. The normalized spacial score (nSPS) is 10.5. The Labute approximate surface area is 86.0 Å². The Bertz CT molecular complexity index is 436. The van der Waals surface area contributed by atoms with Gasteiger partial charge < -0.3 is 0 Å². The molecule has 0 aliphatic carbocycles. The van der Waals surface area contributed by atoms with Crippen LogP contribution in [0.1, 0.15) is 0 Å². The lowest BCUT2D eigenvalue weighted by molar-refractivity contribution is 0.630. The SMILES string of the molecule is N#CC(C#N)(N=N)N=Nc1ccccc1. The van der Waals surface area contributed by atoms with Crippen molar-refractivity contribution in [3.63, 3.8) is 0 Å². The largest absolute Gasteiger partial charge is 0.359 e. The average molecular weight is 198 g/mol. The highest BCUT2D eigenvalue weighted by atomic mass is 15.3. The third-order valence-corrected chi connectivity index (χ3v) is 1.54. The Morgan fingerprint density at radius 2 is 1.73 bits per heavy atom. The molecule has 0 aromatic heterocycles. The fourth-order valence-corrected chi connectivity index (χ4v) is 0.767. The van der Waals surface area contributed by atoms with Crippen molar-refractivity contribution in [2.45, 2.75) is 5.66 Å². The third-order valence-electron chi connectivity index (χ3n) is 1.54. The first kappa shape index (κ1) is 10.5. The molecule has 0 bridgehead atoms. The predicted octanol–water partition coefficient (Wildman–Crippen LogP) is 2.54. The van der Waals surface area contributed by atoms with Gasteiger partial charge in [0.05, 0.1) is 5.69 Å². The quantitative estimate of drug-likeness (QED) is 0.753. The molecule has 1 N–H and O–H groups in total. The summed E-state index contributed by atoms with van der Waals surface area (Å²) in [5, 5.41) is 27.2. The van der Waals surface area contributed by atoms with E-state index in [9.17, 15) is 0 Å². The Balaban J connectivity index is 2.96. The monoisotopic (exact) mass is 198 g/mol. The lowest BCUT2D eigenvalue weighted by Crippen LogP contribution is -2.16. The lowest BCUT2D eigenvalue weighted by atomic mass is 10.3. The van der Waals surface area contributed by atoms with Crippen molar-refractivity contribution in [1.82, 2.24) is 0 Å². The zero-order valence-electron chi connectivity index (χ0n) is 7.62. The molecule has 6 heteroatoms. The summed E-state index contributed by atoms with van der Waals surface area (Å²) in [5.41, 5.74) is 5.14. The second-order valence-electron chi connectivity index (χ2n) is 2.54. The third kappa shape index (κ3) is 2.42. The molecular formula is C9H6N6. The van der Waals surface area contributed by atoms with Gasteiger partial charge in [-0.25, -0.2) is 5.53 Å². The van der Waals surface area contributed by atoms with Crippen molar-refractivity contribution in [3.05, 3.63) is 30.3 Å². The molecule has 1 aromatic rings. The fraction of sp³-hybridized carbons (Fsp3) is 0.111. The Morgan fingerprint density at radius 1 is 1.13 bits per heavy atom. The topological polar surface area (TPSA) is 109 Å². The molecule has 0 amide bonds. The summed E-state index contributed by atoms with van der Waals surface area (Å²) in [7, 11) is 0. The van der Waals surface area contributed by atoms with Crippen LogP contribution in [-0.4, -0.2) is 5.66 Å². The van der Waals surface area contributed by atoms with E-state index in [1.54, 1.807) is 30.3 Å². The number of nitrogens with zero attached hydrogens (tertiary/aromatic N) is 5. The second-order valence-corrected chi connectivity index (χ2v) is 2.54. The van der Waals surface area contributed by atoms with Crippen LogP contribution in [-0.2, 0) is 0 Å². The van der Waals surface area contributed by atoms with Crippen molar-refractivity contribution in [2.24, 2.45) is 15.3 Å². The van der Waals surface area contributed by atoms with Crippen LogP contribution in [0.15, 0.2) is 45.7 Å². The molecule has 0 fully saturated rings. The Morgan fingerprint density at radius 3 is 2.20 bits per heavy atom. The Kier molecular flexibility index (Phi) is 3.20. The Hall–Kier alpha value is -2.60. The van der Waals surface area contributed by atoms with Gasteiger partial charge >= 0.3 is 5.66 Å². The van der Waals surface area contributed by atoms with E-state index in [4.69, 9.17) is 16.1 Å². The molecule has 0 radical (unpaired) electrons. The molecule has 0 aliphatic rings. The van der Waals surface area contributed by atoms with Crippen LogP contribution in [0.3, 0.4) is 0 Å². The van der Waals surface area contributed by atoms with E-state index in [1.165, 1.54) is 12.1 Å². The minimum absolute atomic E-state index is 0.496. The van der Waals surface area contributed by atoms with Crippen molar-refractivity contribution >= 4 is 5.69 Å². The highest BCUT2D eigenvalue weighted by Gasteiger charge is 2.28. The number of benzene rings is 1. The van der Waals surface area contributed by atoms with E-state index in [-0.39, 0.29) is 0 Å². The van der Waals surface area contributed by atoms with Gasteiger partial charge in [-0.3, -0.25) is 0 Å². The molecule has 15 heavy (non-hydrogen) atoms. The molecule has 1 rings (SSSR count). The van der Waals surface area contributed by atoms with Crippen molar-refractivity contribution in [3.8, 4) is 12.1 Å². The van der Waals surface area contributed by atoms with Crippen LogP contribution in [0.2, 0.25) is 0 Å². The van der Waals surface area contributed by atoms with Gasteiger partial charge in [-0.1, -0.05) is 18.2 Å². The molecule has 0 unspecified atom stereocenters. The minimum Gasteiger partial charge on any atom is -0.205 e. The van der Waals surface area contributed by atoms with Crippen molar-refractivity contribution in [1.29, 1.82) is 16.1 Å². The van der Waals surface area contributed by atoms with Crippen LogP contribution < -0.4 is 0 Å². The summed E-state index contributed by atoms with van der Waals surface area (Å²) in [6, 6.07) is 11.6. The molecule has 0 spiro atoms. The number of azo groups is 1. The van der Waals surface area contributed by atoms with Gasteiger partial charge in [-0.05, 0) is 12.1 Å². The summed E-state index contributed by atoms with van der Waals surface area (Å²) < 4.78 is 0. The van der Waals surface area contributed by atoms with Gasteiger partial charge in [0.1, 0.15) is 12.1 Å². The zero-order chi connectivity index (χ0) is 11.1. The molecule has 0 saturated heterocycles. The van der Waals surface area contributed by atoms with Crippen LogP contribution in [0.5, 0.6) is 0 Å². The lowest BCUT2D eigenvalue weighted by Gasteiger charge is -2.01. The molecule has 6 nitrogen and oxygen atoms in total. The van der Waals surface area contributed by atoms with Gasteiger partial charge in [-0.15, -0.1) is 10.2 Å². The van der Waals surface area contributed by atoms with Crippen LogP contribution in [0.25, 0.3) is 0 Å². The maximum Gasteiger partial charge on any atom is 0.359 e. The smallest absolute Gasteiger partial charge is 0.205 e. The first-order valence-electron chi connectivity index (χ1n) is 3.95. The molecule has 0 heterocycles. The van der Waals surface area contributed by atoms with E-state index < -0.39 is 5.66 Å². The van der Waals surface area contributed by atoms with E-state index >= 15 is 0 Å². The number of hydrogen-bond donors (Lipinski definition) is 1. The van der Waals surface area contributed by atoms with Crippen molar-refractivity contribution < 1.29 is 0 Å². The van der Waals surface area contributed by atoms with E-state index in [2.05, 4.69) is 15.3 Å². The minimum atomic E-state index is -2.06. The molecule has 0 saturated carbocycles. The molecule has 0 atom stereocenters. The molecular weight excluding hydrogens is 192 g/mol. The van der Waals surface area contributed by atoms with E-state index in [1.807, 2.05) is 0 Å². The molecule has 0 aliphatic heterocycles. The summed E-state index contributed by atoms with van der Waals surface area (Å²) in [6.45, 7) is 0. The highest BCUT2D eigenvalue weighted by molar-refractivity contribution is 5.35. The second kappa shape index (κ2) is 4.58. The number of hydrogen-bond acceptors (Lipinski definition) is 6. The van der Waals surface area contributed by atoms with Gasteiger partial charge in [0.15, 0.2) is 0 Å². The zero-order valence-corrected chi connectivity index (χ0v) is 7.62.